The summed E-state index contributed by atoms with van der Waals surface area (Å²) in [5.74, 6) is 0. The molecule has 0 radical (unpaired) electrons. The number of nitrogen functional groups attached to an aromatic ring is 1. The van der Waals surface area contributed by atoms with E-state index in [0.717, 1.165) is 4.31 Å². The molecule has 19 heavy (non-hydrogen) atoms. The van der Waals surface area contributed by atoms with Crippen LogP contribution in [0.4, 0.5) is 5.69 Å². The highest BCUT2D eigenvalue weighted by Crippen LogP contribution is 2.29. The largest absolute Gasteiger partial charge is 0.398 e. The smallest absolute Gasteiger partial charge is 0.243 e. The van der Waals surface area contributed by atoms with E-state index in [1.54, 1.807) is 20.8 Å². The second-order valence-corrected chi connectivity index (χ2v) is 7.44. The summed E-state index contributed by atoms with van der Waals surface area (Å²) in [7, 11) is -2.35. The first kappa shape index (κ1) is 16.2. The molecular formula is C12H19ClN2O3S. The van der Waals surface area contributed by atoms with E-state index < -0.39 is 15.6 Å². The number of anilines is 1. The van der Waals surface area contributed by atoms with E-state index in [1.807, 2.05) is 0 Å². The fourth-order valence-corrected chi connectivity index (χ4v) is 3.26. The lowest BCUT2D eigenvalue weighted by Crippen LogP contribution is -2.47. The van der Waals surface area contributed by atoms with Gasteiger partial charge in [-0.2, -0.15) is 4.31 Å². The summed E-state index contributed by atoms with van der Waals surface area (Å²) in [6.07, 6.45) is 0. The van der Waals surface area contributed by atoms with Crippen molar-refractivity contribution in [1.82, 2.24) is 4.31 Å². The van der Waals surface area contributed by atoms with Gasteiger partial charge in [-0.1, -0.05) is 11.6 Å². The van der Waals surface area contributed by atoms with Crippen LogP contribution in [0.25, 0.3) is 0 Å². The standard InChI is InChI=1S/C12H19ClN2O3S/c1-8-10(13)5-9(6-11(8)14)19(17,18)15(4)12(2,3)7-16/h5-6,16H,7,14H2,1-4H3. The van der Waals surface area contributed by atoms with Crippen LogP contribution < -0.4 is 5.73 Å². The quantitative estimate of drug-likeness (QED) is 0.828. The summed E-state index contributed by atoms with van der Waals surface area (Å²) in [6, 6.07) is 2.74. The molecule has 0 aliphatic carbocycles. The monoisotopic (exact) mass is 306 g/mol. The van der Waals surface area contributed by atoms with Gasteiger partial charge in [0.25, 0.3) is 0 Å². The molecule has 0 aliphatic heterocycles. The van der Waals surface area contributed by atoms with Crippen LogP contribution in [0.1, 0.15) is 19.4 Å². The molecule has 1 aromatic carbocycles. The molecule has 7 heteroatoms. The Morgan fingerprint density at radius 3 is 2.37 bits per heavy atom. The van der Waals surface area contributed by atoms with Crippen molar-refractivity contribution in [3.63, 3.8) is 0 Å². The molecule has 0 bridgehead atoms. The Labute approximate surface area is 119 Å². The molecule has 0 atom stereocenters. The number of nitrogens with two attached hydrogens (primary N) is 1. The van der Waals surface area contributed by atoms with Crippen molar-refractivity contribution in [1.29, 1.82) is 0 Å². The molecule has 1 aromatic rings. The third kappa shape index (κ3) is 3.02. The first-order chi connectivity index (χ1) is 8.54. The number of aliphatic hydroxyl groups is 1. The summed E-state index contributed by atoms with van der Waals surface area (Å²) in [5.41, 5.74) is 5.80. The fraction of sp³-hybridized carbons (Fsp3) is 0.500. The van der Waals surface area contributed by atoms with Crippen LogP contribution >= 0.6 is 11.6 Å². The van der Waals surface area contributed by atoms with Gasteiger partial charge in [0.2, 0.25) is 10.0 Å². The lowest BCUT2D eigenvalue weighted by Gasteiger charge is -2.32. The van der Waals surface area contributed by atoms with Gasteiger partial charge >= 0.3 is 0 Å². The molecule has 0 heterocycles. The summed E-state index contributed by atoms with van der Waals surface area (Å²) < 4.78 is 26.0. The highest BCUT2D eigenvalue weighted by Gasteiger charge is 2.34. The topological polar surface area (TPSA) is 83.6 Å². The van der Waals surface area contributed by atoms with Crippen LogP contribution in [-0.4, -0.2) is 37.0 Å². The Morgan fingerprint density at radius 1 is 1.42 bits per heavy atom. The maximum absolute atomic E-state index is 12.5. The normalized spacial score (nSPS) is 13.0. The van der Waals surface area contributed by atoms with Gasteiger partial charge in [-0.3, -0.25) is 0 Å². The first-order valence-corrected chi connectivity index (χ1v) is 7.51. The number of halogens is 1. The molecule has 0 spiro atoms. The van der Waals surface area contributed by atoms with E-state index >= 15 is 0 Å². The van der Waals surface area contributed by atoms with Crippen molar-refractivity contribution >= 4 is 27.3 Å². The zero-order chi connectivity index (χ0) is 15.0. The number of nitrogens with zero attached hydrogens (tertiary/aromatic N) is 1. The average molecular weight is 307 g/mol. The number of benzene rings is 1. The third-order valence-corrected chi connectivity index (χ3v) is 5.70. The van der Waals surface area contributed by atoms with Crippen LogP contribution in [0.15, 0.2) is 17.0 Å². The molecular weight excluding hydrogens is 288 g/mol. The van der Waals surface area contributed by atoms with E-state index in [2.05, 4.69) is 0 Å². The molecule has 0 aromatic heterocycles. The van der Waals surface area contributed by atoms with E-state index in [4.69, 9.17) is 17.3 Å². The summed E-state index contributed by atoms with van der Waals surface area (Å²) in [6.45, 7) is 4.68. The zero-order valence-electron chi connectivity index (χ0n) is 11.4. The molecule has 0 saturated carbocycles. The Morgan fingerprint density at radius 2 is 1.95 bits per heavy atom. The molecule has 0 saturated heterocycles. The average Bonchev–Trinajstić information content (AvgIpc) is 2.34. The van der Waals surface area contributed by atoms with Crippen LogP contribution in [0.5, 0.6) is 0 Å². The summed E-state index contributed by atoms with van der Waals surface area (Å²) in [4.78, 5) is 0.0182. The van der Waals surface area contributed by atoms with Gasteiger partial charge in [0.1, 0.15) is 0 Å². The van der Waals surface area contributed by atoms with E-state index in [-0.39, 0.29) is 11.5 Å². The van der Waals surface area contributed by atoms with Gasteiger partial charge < -0.3 is 10.8 Å². The molecule has 1 rings (SSSR count). The molecule has 0 unspecified atom stereocenters. The fourth-order valence-electron chi connectivity index (χ4n) is 1.41. The SMILES string of the molecule is Cc1c(N)cc(S(=O)(=O)N(C)C(C)(C)CO)cc1Cl. The van der Waals surface area contributed by atoms with Crippen molar-refractivity contribution in [3.8, 4) is 0 Å². The van der Waals surface area contributed by atoms with Gasteiger partial charge in [0.05, 0.1) is 17.0 Å². The lowest BCUT2D eigenvalue weighted by molar-refractivity contribution is 0.138. The molecule has 0 amide bonds. The maximum Gasteiger partial charge on any atom is 0.243 e. The molecule has 0 aliphatic rings. The predicted octanol–water partition coefficient (Wildman–Crippen LogP) is 1.62. The van der Waals surface area contributed by atoms with Gasteiger partial charge in [-0.05, 0) is 38.5 Å². The van der Waals surface area contributed by atoms with Gasteiger partial charge in [-0.25, -0.2) is 8.42 Å². The van der Waals surface area contributed by atoms with Crippen molar-refractivity contribution in [2.24, 2.45) is 0 Å². The predicted molar refractivity (Wildman–Crippen MR) is 76.7 cm³/mol. The molecule has 5 nitrogen and oxygen atoms in total. The summed E-state index contributed by atoms with van der Waals surface area (Å²) >= 11 is 5.97. The van der Waals surface area contributed by atoms with Crippen molar-refractivity contribution in [3.05, 3.63) is 22.7 Å². The number of hydrogen-bond acceptors (Lipinski definition) is 4. The number of sulfonamides is 1. The minimum atomic E-state index is -3.76. The van der Waals surface area contributed by atoms with Crippen LogP contribution in [0.2, 0.25) is 5.02 Å². The Kier molecular flexibility index (Phi) is 4.51. The van der Waals surface area contributed by atoms with Gasteiger partial charge in [-0.15, -0.1) is 0 Å². The Hall–Kier alpha value is -0.820. The van der Waals surface area contributed by atoms with Crippen molar-refractivity contribution in [2.75, 3.05) is 19.4 Å². The minimum absolute atomic E-state index is 0.0182. The minimum Gasteiger partial charge on any atom is -0.398 e. The number of aliphatic hydroxyl groups excluding tert-OH is 1. The second kappa shape index (κ2) is 5.28. The van der Waals surface area contributed by atoms with Gasteiger partial charge in [0.15, 0.2) is 0 Å². The maximum atomic E-state index is 12.5. The van der Waals surface area contributed by atoms with E-state index in [0.29, 0.717) is 16.3 Å². The third-order valence-electron chi connectivity index (χ3n) is 3.26. The zero-order valence-corrected chi connectivity index (χ0v) is 13.0. The van der Waals surface area contributed by atoms with Crippen LogP contribution in [-0.2, 0) is 10.0 Å². The number of rotatable bonds is 4. The van der Waals surface area contributed by atoms with E-state index in [1.165, 1.54) is 19.2 Å². The first-order valence-electron chi connectivity index (χ1n) is 5.69. The lowest BCUT2D eigenvalue weighted by atomic mass is 10.1. The molecule has 3 N–H and O–H groups in total. The van der Waals surface area contributed by atoms with Crippen molar-refractivity contribution < 1.29 is 13.5 Å². The van der Waals surface area contributed by atoms with Crippen molar-refractivity contribution in [2.45, 2.75) is 31.2 Å². The van der Waals surface area contributed by atoms with E-state index in [9.17, 15) is 13.5 Å². The molecule has 0 fully saturated rings. The highest BCUT2D eigenvalue weighted by molar-refractivity contribution is 7.89. The number of likely N-dealkylation sites (N-methyl/N-ethyl adjacent to an activating group) is 1. The van der Waals surface area contributed by atoms with Crippen LogP contribution in [0, 0.1) is 6.92 Å². The Bertz CT molecular complexity index is 562. The van der Waals surface area contributed by atoms with Crippen LogP contribution in [0.3, 0.4) is 0 Å². The number of hydrogen-bond donors (Lipinski definition) is 2. The summed E-state index contributed by atoms with van der Waals surface area (Å²) in [5, 5.41) is 9.57. The van der Waals surface area contributed by atoms with Gasteiger partial charge in [0, 0.05) is 17.8 Å². The second-order valence-electron chi connectivity index (χ2n) is 5.06. The Balaban J connectivity index is 3.37. The highest BCUT2D eigenvalue weighted by atomic mass is 35.5. The molecule has 108 valence electrons.